The molecule has 31 heavy (non-hydrogen) atoms. The summed E-state index contributed by atoms with van der Waals surface area (Å²) in [5, 5.41) is 0. The first-order valence-corrected chi connectivity index (χ1v) is 11.0. The average molecular weight is 469 g/mol. The number of hydrogen-bond acceptors (Lipinski definition) is 6. The third-order valence-electron chi connectivity index (χ3n) is 4.88. The van der Waals surface area contributed by atoms with Gasteiger partial charge >= 0.3 is 23.6 Å². The third kappa shape index (κ3) is 6.99. The van der Waals surface area contributed by atoms with Crippen molar-refractivity contribution in [1.29, 1.82) is 0 Å². The van der Waals surface area contributed by atoms with E-state index in [1.165, 1.54) is 11.8 Å². The molecule has 1 aliphatic heterocycles. The Balaban J connectivity index is 2.24. The van der Waals surface area contributed by atoms with Gasteiger partial charge in [-0.15, -0.1) is 5.46 Å². The molecule has 1 aromatic carbocycles. The second-order valence-electron chi connectivity index (χ2n) is 8.50. The van der Waals surface area contributed by atoms with Crippen LogP contribution in [0.25, 0.3) is 0 Å². The van der Waals surface area contributed by atoms with Crippen molar-refractivity contribution >= 4 is 29.0 Å². The molecule has 13 heteroatoms. The van der Waals surface area contributed by atoms with Crippen molar-refractivity contribution < 1.29 is 39.0 Å². The van der Waals surface area contributed by atoms with E-state index < -0.39 is 46.0 Å². The van der Waals surface area contributed by atoms with Crippen molar-refractivity contribution in [3.8, 4) is 5.75 Å². The third-order valence-corrected chi connectivity index (χ3v) is 5.24. The number of benzene rings is 1. The van der Waals surface area contributed by atoms with Crippen molar-refractivity contribution in [2.75, 3.05) is 26.2 Å². The molecule has 176 valence electrons. The summed E-state index contributed by atoms with van der Waals surface area (Å²) in [6, 6.07) is 0.947. The predicted octanol–water partition coefficient (Wildman–Crippen LogP) is 3.00. The summed E-state index contributed by atoms with van der Waals surface area (Å²) in [4.78, 5) is 15.5. The minimum Gasteiger partial charge on any atom is -0.445 e. The molecule has 7 nitrogen and oxygen atoms in total. The van der Waals surface area contributed by atoms with Gasteiger partial charge in [-0.25, -0.2) is 4.79 Å². The molecule has 1 aromatic rings. The second kappa shape index (κ2) is 8.85. The Hall–Kier alpha value is -2.02. The van der Waals surface area contributed by atoms with Gasteiger partial charge in [0.15, 0.2) is 0 Å². The largest absolute Gasteiger partial charge is 0.510 e. The molecule has 0 spiro atoms. The van der Waals surface area contributed by atoms with E-state index in [0.29, 0.717) is 26.2 Å². The van der Waals surface area contributed by atoms with Gasteiger partial charge in [-0.1, -0.05) is 9.95 Å². The first-order valence-electron chi connectivity index (χ1n) is 9.65. The van der Waals surface area contributed by atoms with E-state index in [0.717, 1.165) is 13.0 Å². The van der Waals surface area contributed by atoms with Crippen LogP contribution in [0.5, 0.6) is 5.75 Å². The summed E-state index contributed by atoms with van der Waals surface area (Å²) in [7, 11) is -5.50. The number of ether oxygens (including phenoxy) is 1. The van der Waals surface area contributed by atoms with Gasteiger partial charge in [-0.3, -0.25) is 4.90 Å². The zero-order chi connectivity index (χ0) is 23.8. The van der Waals surface area contributed by atoms with Crippen LogP contribution in [0.15, 0.2) is 6.07 Å². The smallest absolute Gasteiger partial charge is 0.445 e. The van der Waals surface area contributed by atoms with Crippen molar-refractivity contribution in [2.24, 2.45) is 0 Å². The van der Waals surface area contributed by atoms with Crippen molar-refractivity contribution in [1.82, 2.24) is 9.80 Å². The van der Waals surface area contributed by atoms with Gasteiger partial charge in [-0.05, 0) is 51.3 Å². The van der Waals surface area contributed by atoms with E-state index in [4.69, 9.17) is 4.74 Å². The SMILES string of the molecule is Cc1c(CN2CCN(C(=O)OC(C)(C)C)CC2)cc([B-](F)(F)F)c(C)c1OS(=O)(=O)F. The van der Waals surface area contributed by atoms with Crippen LogP contribution in [0, 0.1) is 13.8 Å². The number of carbonyl (C=O) groups excluding carboxylic acids is 1. The number of rotatable bonds is 5. The summed E-state index contributed by atoms with van der Waals surface area (Å²) in [6.45, 7) is 3.62. The van der Waals surface area contributed by atoms with E-state index in [1.54, 1.807) is 20.8 Å². The lowest BCUT2D eigenvalue weighted by Gasteiger charge is -2.36. The van der Waals surface area contributed by atoms with Crippen molar-refractivity contribution in [3.05, 3.63) is 22.8 Å². The molecular weight excluding hydrogens is 443 g/mol. The molecule has 2 rings (SSSR count). The maximum Gasteiger partial charge on any atom is 0.510 e. The molecule has 1 saturated heterocycles. The molecule has 0 aliphatic carbocycles. The van der Waals surface area contributed by atoms with Gasteiger partial charge < -0.3 is 26.8 Å². The van der Waals surface area contributed by atoms with E-state index in [9.17, 15) is 30.0 Å². The van der Waals surface area contributed by atoms with Gasteiger partial charge in [0.25, 0.3) is 0 Å². The van der Waals surface area contributed by atoms with Crippen LogP contribution in [0.2, 0.25) is 0 Å². The Kier molecular flexibility index (Phi) is 7.21. The van der Waals surface area contributed by atoms with Crippen LogP contribution in [0.3, 0.4) is 0 Å². The van der Waals surface area contributed by atoms with E-state index in [-0.39, 0.29) is 17.7 Å². The Labute approximate surface area is 179 Å². The first-order chi connectivity index (χ1) is 14.0. The van der Waals surface area contributed by atoms with E-state index in [2.05, 4.69) is 4.18 Å². The monoisotopic (exact) mass is 469 g/mol. The zero-order valence-electron chi connectivity index (χ0n) is 18.0. The van der Waals surface area contributed by atoms with Crippen LogP contribution in [-0.4, -0.2) is 63.1 Å². The highest BCUT2D eigenvalue weighted by atomic mass is 32.3. The molecular formula is C18H26BF4N2O5S-. The molecule has 1 amide bonds. The Bertz CT molecular complexity index is 940. The van der Waals surface area contributed by atoms with Crippen molar-refractivity contribution in [2.45, 2.75) is 46.8 Å². The molecule has 0 aromatic heterocycles. The fourth-order valence-electron chi connectivity index (χ4n) is 3.35. The molecule has 1 fully saturated rings. The molecule has 0 saturated carbocycles. The van der Waals surface area contributed by atoms with E-state index in [1.807, 2.05) is 4.90 Å². The highest BCUT2D eigenvalue weighted by Crippen LogP contribution is 2.30. The lowest BCUT2D eigenvalue weighted by Crippen LogP contribution is -2.49. The average Bonchev–Trinajstić information content (AvgIpc) is 2.58. The number of nitrogens with zero attached hydrogens (tertiary/aromatic N) is 2. The van der Waals surface area contributed by atoms with Crippen LogP contribution in [0.1, 0.15) is 37.5 Å². The normalized spacial score (nSPS) is 16.4. The molecule has 0 bridgehead atoms. The zero-order valence-corrected chi connectivity index (χ0v) is 18.9. The molecule has 0 radical (unpaired) electrons. The topological polar surface area (TPSA) is 76.2 Å². The van der Waals surface area contributed by atoms with Gasteiger partial charge in [0.05, 0.1) is 0 Å². The summed E-state index contributed by atoms with van der Waals surface area (Å²) >= 11 is 0. The van der Waals surface area contributed by atoms with E-state index >= 15 is 0 Å². The quantitative estimate of drug-likeness (QED) is 0.375. The highest BCUT2D eigenvalue weighted by Gasteiger charge is 2.32. The molecule has 1 heterocycles. The maximum atomic E-state index is 13.5. The number of piperazine rings is 1. The summed E-state index contributed by atoms with van der Waals surface area (Å²) in [5.41, 5.74) is -1.88. The summed E-state index contributed by atoms with van der Waals surface area (Å²) < 4.78 is 85.1. The van der Waals surface area contributed by atoms with Crippen LogP contribution in [0.4, 0.5) is 21.6 Å². The standard InChI is InChI=1S/C18H26BF4N2O5S/c1-12-14(10-15(19(20,21)22)13(2)16(12)30-31(23,27)28)11-24-6-8-25(9-7-24)17(26)29-18(3,4)5/h10H,6-9,11H2,1-5H3/q-1. The molecule has 0 unspecified atom stereocenters. The Morgan fingerprint density at radius 3 is 2.10 bits per heavy atom. The second-order valence-corrected chi connectivity index (χ2v) is 9.45. The van der Waals surface area contributed by atoms with Gasteiger partial charge in [-0.2, -0.15) is 8.42 Å². The predicted molar refractivity (Wildman–Crippen MR) is 108 cm³/mol. The van der Waals surface area contributed by atoms with Crippen molar-refractivity contribution in [3.63, 3.8) is 0 Å². The number of hydrogen-bond donors (Lipinski definition) is 0. The molecule has 0 N–H and O–H groups in total. The summed E-state index contributed by atoms with van der Waals surface area (Å²) in [6.07, 6.45) is -0.468. The number of amides is 1. The lowest BCUT2D eigenvalue weighted by molar-refractivity contribution is 0.0139. The maximum absolute atomic E-state index is 13.5. The van der Waals surface area contributed by atoms with Gasteiger partial charge in [0.2, 0.25) is 0 Å². The Morgan fingerprint density at radius 1 is 1.10 bits per heavy atom. The fourth-order valence-corrected chi connectivity index (χ4v) is 3.80. The molecule has 0 atom stereocenters. The van der Waals surface area contributed by atoms with Gasteiger partial charge in [0, 0.05) is 32.7 Å². The Morgan fingerprint density at radius 2 is 1.65 bits per heavy atom. The fraction of sp³-hybridized carbons (Fsp3) is 0.611. The summed E-state index contributed by atoms with van der Waals surface area (Å²) in [5.74, 6) is -0.651. The molecule has 1 aliphatic rings. The highest BCUT2D eigenvalue weighted by molar-refractivity contribution is 7.81. The number of halogens is 4. The minimum atomic E-state index is -5.50. The van der Waals surface area contributed by atoms with Crippen LogP contribution >= 0.6 is 0 Å². The van der Waals surface area contributed by atoms with Crippen LogP contribution < -0.4 is 9.65 Å². The minimum absolute atomic E-state index is 0.0517. The van der Waals surface area contributed by atoms with Gasteiger partial charge in [0.1, 0.15) is 11.4 Å². The first kappa shape index (κ1) is 25.2. The van der Waals surface area contributed by atoms with Crippen LogP contribution in [-0.2, 0) is 21.8 Å². The number of carbonyl (C=O) groups is 1. The lowest BCUT2D eigenvalue weighted by atomic mass is 9.75.